The van der Waals surface area contributed by atoms with Crippen molar-refractivity contribution in [1.82, 2.24) is 9.88 Å². The van der Waals surface area contributed by atoms with Gasteiger partial charge >= 0.3 is 0 Å². The highest BCUT2D eigenvalue weighted by atomic mass is 32.2. The predicted octanol–water partition coefficient (Wildman–Crippen LogP) is 4.92. The van der Waals surface area contributed by atoms with Gasteiger partial charge in [-0.05, 0) is 68.5 Å². The zero-order chi connectivity index (χ0) is 14.8. The van der Waals surface area contributed by atoms with Crippen molar-refractivity contribution in [2.45, 2.75) is 54.0 Å². The Bertz CT molecular complexity index is 611. The van der Waals surface area contributed by atoms with Crippen LogP contribution in [0.3, 0.4) is 0 Å². The second-order valence-electron chi connectivity index (χ2n) is 6.33. The Labute approximate surface area is 136 Å². The second-order valence-corrected chi connectivity index (χ2v) is 7.48. The van der Waals surface area contributed by atoms with Gasteiger partial charge in [-0.25, -0.2) is 0 Å². The van der Waals surface area contributed by atoms with E-state index in [-0.39, 0.29) is 0 Å². The summed E-state index contributed by atoms with van der Waals surface area (Å²) in [6.45, 7) is 1.29. The van der Waals surface area contributed by atoms with Gasteiger partial charge in [0.1, 0.15) is 0 Å². The van der Waals surface area contributed by atoms with Gasteiger partial charge in [-0.1, -0.05) is 23.9 Å². The van der Waals surface area contributed by atoms with Crippen LogP contribution < -0.4 is 0 Å². The molecule has 2 aliphatic rings. The van der Waals surface area contributed by atoms with Gasteiger partial charge in [0.2, 0.25) is 0 Å². The third-order valence-electron chi connectivity index (χ3n) is 4.99. The zero-order valence-corrected chi connectivity index (χ0v) is 13.6. The number of rotatable bonds is 3. The second kappa shape index (κ2) is 6.43. The fourth-order valence-corrected chi connectivity index (χ4v) is 4.75. The average molecular weight is 310 g/mol. The van der Waals surface area contributed by atoms with Crippen molar-refractivity contribution in [3.05, 3.63) is 54.4 Å². The molecule has 114 valence electrons. The zero-order valence-electron chi connectivity index (χ0n) is 12.8. The highest BCUT2D eigenvalue weighted by Crippen LogP contribution is 2.39. The van der Waals surface area contributed by atoms with Crippen molar-refractivity contribution in [3.63, 3.8) is 0 Å². The summed E-state index contributed by atoms with van der Waals surface area (Å²) in [6, 6.07) is 14.9. The Morgan fingerprint density at radius 2 is 1.59 bits per heavy atom. The average Bonchev–Trinajstić information content (AvgIpc) is 3.05. The van der Waals surface area contributed by atoms with Gasteiger partial charge in [-0.3, -0.25) is 9.88 Å². The fraction of sp³-hybridized carbons (Fsp3) is 0.421. The summed E-state index contributed by atoms with van der Waals surface area (Å²) in [7, 11) is 0. The van der Waals surface area contributed by atoms with E-state index in [0.717, 1.165) is 6.04 Å². The first-order valence-corrected chi connectivity index (χ1v) is 9.15. The lowest BCUT2D eigenvalue weighted by atomic mass is 9.92. The Hall–Kier alpha value is -1.32. The van der Waals surface area contributed by atoms with Gasteiger partial charge < -0.3 is 0 Å². The van der Waals surface area contributed by atoms with Crippen molar-refractivity contribution < 1.29 is 0 Å². The predicted molar refractivity (Wildman–Crippen MR) is 91.1 cm³/mol. The minimum atomic E-state index is 0.654. The Kier molecular flexibility index (Phi) is 4.17. The summed E-state index contributed by atoms with van der Waals surface area (Å²) in [5, 5.41) is 0. The molecule has 0 N–H and O–H groups in total. The van der Waals surface area contributed by atoms with E-state index in [0.29, 0.717) is 6.04 Å². The Balaban J connectivity index is 1.49. The number of fused-ring (bicyclic) bond motifs is 1. The van der Waals surface area contributed by atoms with Crippen molar-refractivity contribution in [1.29, 1.82) is 0 Å². The maximum Gasteiger partial charge on any atom is 0.0351 e. The van der Waals surface area contributed by atoms with E-state index >= 15 is 0 Å². The number of benzene rings is 1. The normalized spacial score (nSPS) is 25.1. The van der Waals surface area contributed by atoms with Gasteiger partial charge in [0, 0.05) is 34.3 Å². The molecule has 2 saturated heterocycles. The molecule has 1 aromatic heterocycles. The van der Waals surface area contributed by atoms with Crippen LogP contribution in [0.4, 0.5) is 0 Å². The maximum atomic E-state index is 4.07. The van der Waals surface area contributed by atoms with Crippen LogP contribution in [-0.4, -0.2) is 22.5 Å². The molecule has 0 bridgehead atoms. The summed E-state index contributed by atoms with van der Waals surface area (Å²) in [4.78, 5) is 9.39. The van der Waals surface area contributed by atoms with Crippen molar-refractivity contribution in [2.24, 2.45) is 0 Å². The molecule has 3 heterocycles. The van der Waals surface area contributed by atoms with E-state index in [2.05, 4.69) is 46.3 Å². The van der Waals surface area contributed by atoms with Gasteiger partial charge in [0.15, 0.2) is 0 Å². The minimum absolute atomic E-state index is 0.654. The first kappa shape index (κ1) is 14.3. The number of piperidine rings is 1. The molecule has 2 aliphatic heterocycles. The van der Waals surface area contributed by atoms with Gasteiger partial charge in [-0.2, -0.15) is 0 Å². The van der Waals surface area contributed by atoms with E-state index < -0.39 is 0 Å². The molecule has 22 heavy (non-hydrogen) atoms. The number of hydrogen-bond donors (Lipinski definition) is 0. The van der Waals surface area contributed by atoms with Crippen molar-refractivity contribution in [2.75, 3.05) is 6.54 Å². The van der Waals surface area contributed by atoms with Crippen molar-refractivity contribution in [3.8, 4) is 0 Å². The van der Waals surface area contributed by atoms with Gasteiger partial charge in [0.05, 0.1) is 0 Å². The molecule has 0 unspecified atom stereocenters. The van der Waals surface area contributed by atoms with Crippen LogP contribution in [0.2, 0.25) is 0 Å². The minimum Gasteiger partial charge on any atom is -0.293 e. The smallest absolute Gasteiger partial charge is 0.0351 e. The van der Waals surface area contributed by atoms with E-state index in [4.69, 9.17) is 0 Å². The monoisotopic (exact) mass is 310 g/mol. The largest absolute Gasteiger partial charge is 0.293 e. The summed E-state index contributed by atoms with van der Waals surface area (Å²) in [5.41, 5.74) is 1.51. The summed E-state index contributed by atoms with van der Waals surface area (Å²) >= 11 is 1.81. The molecule has 0 aliphatic carbocycles. The van der Waals surface area contributed by atoms with Gasteiger partial charge in [0.25, 0.3) is 0 Å². The molecular weight excluding hydrogens is 288 g/mol. The first-order valence-electron chi connectivity index (χ1n) is 8.34. The Morgan fingerprint density at radius 3 is 2.41 bits per heavy atom. The molecule has 2 atom stereocenters. The van der Waals surface area contributed by atoms with Gasteiger partial charge in [-0.15, -0.1) is 0 Å². The topological polar surface area (TPSA) is 16.1 Å². The molecular formula is C19H22N2S. The highest BCUT2D eigenvalue weighted by Gasteiger charge is 2.34. The van der Waals surface area contributed by atoms with E-state index in [1.165, 1.54) is 54.0 Å². The molecule has 0 spiro atoms. The lowest BCUT2D eigenvalue weighted by molar-refractivity contribution is 0.123. The van der Waals surface area contributed by atoms with E-state index in [1.54, 1.807) is 0 Å². The van der Waals surface area contributed by atoms with Crippen LogP contribution >= 0.6 is 11.8 Å². The molecule has 1 aromatic carbocycles. The quantitative estimate of drug-likeness (QED) is 0.800. The molecule has 2 fully saturated rings. The molecule has 0 saturated carbocycles. The molecule has 4 rings (SSSR count). The summed E-state index contributed by atoms with van der Waals surface area (Å²) < 4.78 is 0. The van der Waals surface area contributed by atoms with Crippen LogP contribution in [0.5, 0.6) is 0 Å². The van der Waals surface area contributed by atoms with Crippen LogP contribution in [0.1, 0.15) is 43.7 Å². The third-order valence-corrected chi connectivity index (χ3v) is 6.00. The number of aromatic nitrogens is 1. The third kappa shape index (κ3) is 2.92. The van der Waals surface area contributed by atoms with Crippen LogP contribution in [0, 0.1) is 0 Å². The number of pyridine rings is 1. The highest BCUT2D eigenvalue weighted by molar-refractivity contribution is 7.99. The maximum absolute atomic E-state index is 4.07. The van der Waals surface area contributed by atoms with E-state index in [9.17, 15) is 0 Å². The van der Waals surface area contributed by atoms with Crippen LogP contribution in [0.25, 0.3) is 0 Å². The molecule has 2 nitrogen and oxygen atoms in total. The lowest BCUT2D eigenvalue weighted by Gasteiger charge is -2.38. The number of nitrogens with zero attached hydrogens (tertiary/aromatic N) is 2. The molecule has 0 radical (unpaired) electrons. The fourth-order valence-electron chi connectivity index (χ4n) is 3.95. The lowest BCUT2D eigenvalue weighted by Crippen LogP contribution is -2.37. The van der Waals surface area contributed by atoms with Crippen molar-refractivity contribution >= 4 is 11.8 Å². The SMILES string of the molecule is c1cc(Sc2ccc([C@@H]3CCC[C@@H]4CCCN43)cc2)ccn1. The van der Waals surface area contributed by atoms with Crippen LogP contribution in [-0.2, 0) is 0 Å². The summed E-state index contributed by atoms with van der Waals surface area (Å²) in [5.74, 6) is 0. The standard InChI is InChI=1S/C19H22N2S/c1-3-16-4-2-14-21(16)19(5-1)15-6-8-17(9-7-15)22-18-10-12-20-13-11-18/h6-13,16,19H,1-5,14H2/t16-,19+/m1/s1. The molecule has 3 heteroatoms. The number of hydrogen-bond acceptors (Lipinski definition) is 3. The molecule has 2 aromatic rings. The van der Waals surface area contributed by atoms with E-state index in [1.807, 2.05) is 24.2 Å². The first-order chi connectivity index (χ1) is 10.9. The Morgan fingerprint density at radius 1 is 0.864 bits per heavy atom. The summed E-state index contributed by atoms with van der Waals surface area (Å²) in [6.07, 6.45) is 10.6. The van der Waals surface area contributed by atoms with Crippen LogP contribution in [0.15, 0.2) is 58.6 Å². The molecule has 0 amide bonds.